The topological polar surface area (TPSA) is 70.8 Å². The number of hydrogen-bond donors (Lipinski definition) is 1. The Hall–Kier alpha value is 0.290. The molecule has 0 spiro atoms. The summed E-state index contributed by atoms with van der Waals surface area (Å²) in [6.07, 6.45) is 20.5. The summed E-state index contributed by atoms with van der Waals surface area (Å²) in [5.41, 5.74) is 5.22. The van der Waals surface area contributed by atoms with Gasteiger partial charge >= 0.3 is 8.25 Å². The van der Waals surface area contributed by atoms with E-state index in [9.17, 15) is 4.57 Å². The molecule has 0 saturated heterocycles. The molecule has 168 valence electrons. The minimum Gasteiger partial charge on any atom is -0.328 e. The molecule has 0 aliphatic heterocycles. The molecule has 0 radical (unpaired) electrons. The van der Waals surface area contributed by atoms with E-state index in [-0.39, 0.29) is 6.61 Å². The number of nitrogens with two attached hydrogens (primary N) is 1. The maximum Gasteiger partial charge on any atom is 0.728 e. The van der Waals surface area contributed by atoms with Crippen molar-refractivity contribution in [3.63, 3.8) is 0 Å². The lowest BCUT2D eigenvalue weighted by Gasteiger charge is -2.03. The van der Waals surface area contributed by atoms with Gasteiger partial charge in [-0.3, -0.25) is 0 Å². The van der Waals surface area contributed by atoms with Crippen molar-refractivity contribution >= 4 is 20.0 Å². The summed E-state index contributed by atoms with van der Waals surface area (Å²) in [4.78, 5) is 4.60. The summed E-state index contributed by atoms with van der Waals surface area (Å²) < 4.78 is 20.8. The fourth-order valence-corrected chi connectivity index (χ4v) is 4.37. The van der Waals surface area contributed by atoms with Crippen LogP contribution < -0.4 is 5.73 Å². The molecule has 7 heteroatoms. The first-order valence-electron chi connectivity index (χ1n) is 11.5. The Kier molecular flexibility index (Phi) is 25.6. The minimum atomic E-state index is -2.17. The maximum absolute atomic E-state index is 11.2. The van der Waals surface area contributed by atoms with Gasteiger partial charge in [0.25, 0.3) is 0 Å². The van der Waals surface area contributed by atoms with Gasteiger partial charge in [0.05, 0.1) is 11.3 Å². The highest BCUT2D eigenvalue weighted by Gasteiger charge is 2.21. The fraction of sp³-hybridized carbons (Fsp3) is 1.00. The van der Waals surface area contributed by atoms with Crippen molar-refractivity contribution in [3.05, 3.63) is 0 Å². The first kappa shape index (κ1) is 28.3. The summed E-state index contributed by atoms with van der Waals surface area (Å²) in [5.74, 6) is 2.24. The van der Waals surface area contributed by atoms with Crippen molar-refractivity contribution in [1.29, 1.82) is 0 Å². The van der Waals surface area contributed by atoms with Crippen molar-refractivity contribution < 1.29 is 18.7 Å². The zero-order valence-electron chi connectivity index (χ0n) is 18.2. The van der Waals surface area contributed by atoms with Crippen molar-refractivity contribution in [2.75, 3.05) is 31.3 Å². The highest BCUT2D eigenvalue weighted by Crippen LogP contribution is 2.24. The molecule has 0 rings (SSSR count). The van der Waals surface area contributed by atoms with Gasteiger partial charge in [-0.1, -0.05) is 90.4 Å². The van der Waals surface area contributed by atoms with E-state index in [0.29, 0.717) is 13.2 Å². The van der Waals surface area contributed by atoms with E-state index in [1.807, 2.05) is 11.8 Å². The lowest BCUT2D eigenvalue weighted by atomic mass is 10.0. The Morgan fingerprint density at radius 2 is 1.21 bits per heavy atom. The second kappa shape index (κ2) is 25.3. The first-order chi connectivity index (χ1) is 13.8. The molecular weight excluding hydrogens is 393 g/mol. The van der Waals surface area contributed by atoms with Crippen molar-refractivity contribution in [2.24, 2.45) is 5.73 Å². The summed E-state index contributed by atoms with van der Waals surface area (Å²) in [5, 5.41) is 0. The summed E-state index contributed by atoms with van der Waals surface area (Å²) >= 11 is 1.95. The molecule has 0 amide bonds. The Morgan fingerprint density at radius 1 is 0.714 bits per heavy atom. The van der Waals surface area contributed by atoms with E-state index < -0.39 is 8.25 Å². The SMILES string of the molecule is CCCCCCCCCCCCCCCCSCCCO[P+](=O)OOCCN. The van der Waals surface area contributed by atoms with Gasteiger partial charge in [0.15, 0.2) is 0 Å². The Bertz CT molecular complexity index is 325. The molecule has 0 bridgehead atoms. The van der Waals surface area contributed by atoms with Crippen LogP contribution in [0.15, 0.2) is 0 Å². The number of hydrogen-bond acceptors (Lipinski definition) is 6. The third-order valence-electron chi connectivity index (χ3n) is 4.59. The van der Waals surface area contributed by atoms with Gasteiger partial charge < -0.3 is 5.73 Å². The molecule has 0 aliphatic rings. The Morgan fingerprint density at radius 3 is 1.75 bits per heavy atom. The van der Waals surface area contributed by atoms with Crippen LogP contribution in [0.4, 0.5) is 0 Å². The summed E-state index contributed by atoms with van der Waals surface area (Å²) in [7, 11) is -2.17. The van der Waals surface area contributed by atoms with Gasteiger partial charge in [0.2, 0.25) is 0 Å². The molecule has 0 saturated carbocycles. The summed E-state index contributed by atoms with van der Waals surface area (Å²) in [6.45, 7) is 3.27. The third kappa shape index (κ3) is 24.3. The summed E-state index contributed by atoms with van der Waals surface area (Å²) in [6, 6.07) is 0. The van der Waals surface area contributed by atoms with Crippen LogP contribution in [0.5, 0.6) is 0 Å². The maximum atomic E-state index is 11.2. The zero-order valence-corrected chi connectivity index (χ0v) is 19.9. The average molecular weight is 439 g/mol. The Balaban J connectivity index is 3.06. The van der Waals surface area contributed by atoms with E-state index in [2.05, 4.69) is 16.5 Å². The first-order valence-corrected chi connectivity index (χ1v) is 13.7. The molecule has 0 aliphatic carbocycles. The van der Waals surface area contributed by atoms with Crippen LogP contribution in [-0.4, -0.2) is 31.3 Å². The van der Waals surface area contributed by atoms with Crippen LogP contribution in [-0.2, 0) is 18.7 Å². The van der Waals surface area contributed by atoms with Crippen LogP contribution in [0.3, 0.4) is 0 Å². The lowest BCUT2D eigenvalue weighted by Crippen LogP contribution is -2.07. The van der Waals surface area contributed by atoms with E-state index in [1.54, 1.807) is 0 Å². The van der Waals surface area contributed by atoms with Crippen LogP contribution in [0.25, 0.3) is 0 Å². The smallest absolute Gasteiger partial charge is 0.328 e. The number of thioether (sulfide) groups is 1. The molecular formula is C21H45NO4PS+. The predicted molar refractivity (Wildman–Crippen MR) is 122 cm³/mol. The molecule has 0 aromatic heterocycles. The molecule has 5 nitrogen and oxygen atoms in total. The van der Waals surface area contributed by atoms with Crippen LogP contribution in [0.2, 0.25) is 0 Å². The second-order valence-corrected chi connectivity index (χ2v) is 9.38. The highest BCUT2D eigenvalue weighted by molar-refractivity contribution is 7.99. The van der Waals surface area contributed by atoms with Crippen molar-refractivity contribution in [3.8, 4) is 0 Å². The average Bonchev–Trinajstić information content (AvgIpc) is 2.70. The van der Waals surface area contributed by atoms with Gasteiger partial charge in [0.1, 0.15) is 6.61 Å². The normalized spacial score (nSPS) is 11.9. The number of unbranched alkanes of at least 4 members (excludes halogenated alkanes) is 13. The fourth-order valence-electron chi connectivity index (χ4n) is 2.95. The standard InChI is InChI=1S/C21H45NO4PS/c1-2-3-4-5-6-7-8-9-10-11-12-13-14-15-20-28-21-16-18-25-27(23)26-24-19-17-22/h2-22H2,1H3/q+1. The minimum absolute atomic E-state index is 0.222. The quantitative estimate of drug-likeness (QED) is 0.0745. The van der Waals surface area contributed by atoms with Gasteiger partial charge in [0, 0.05) is 11.1 Å². The van der Waals surface area contributed by atoms with Gasteiger partial charge in [-0.25, -0.2) is 0 Å². The molecule has 0 aromatic carbocycles. The van der Waals surface area contributed by atoms with Gasteiger partial charge in [-0.05, 0) is 24.3 Å². The number of rotatable bonds is 24. The van der Waals surface area contributed by atoms with Crippen LogP contribution >= 0.6 is 20.0 Å². The van der Waals surface area contributed by atoms with Crippen molar-refractivity contribution in [2.45, 2.75) is 103 Å². The van der Waals surface area contributed by atoms with Gasteiger partial charge in [-0.15, -0.1) is 4.52 Å². The van der Waals surface area contributed by atoms with E-state index in [4.69, 9.17) is 10.3 Å². The second-order valence-electron chi connectivity index (χ2n) is 7.30. The highest BCUT2D eigenvalue weighted by atomic mass is 32.2. The molecule has 1 unspecified atom stereocenters. The van der Waals surface area contributed by atoms with E-state index in [0.717, 1.165) is 12.2 Å². The predicted octanol–water partition coefficient (Wildman–Crippen LogP) is 7.17. The van der Waals surface area contributed by atoms with Gasteiger partial charge in [-0.2, -0.15) is 16.6 Å². The molecule has 0 aromatic rings. The monoisotopic (exact) mass is 438 g/mol. The molecule has 0 fully saturated rings. The van der Waals surface area contributed by atoms with Crippen LogP contribution in [0, 0.1) is 0 Å². The van der Waals surface area contributed by atoms with Crippen molar-refractivity contribution in [1.82, 2.24) is 0 Å². The molecule has 28 heavy (non-hydrogen) atoms. The third-order valence-corrected chi connectivity index (χ3v) is 6.36. The largest absolute Gasteiger partial charge is 0.728 e. The van der Waals surface area contributed by atoms with E-state index >= 15 is 0 Å². The Labute approximate surface area is 179 Å². The van der Waals surface area contributed by atoms with E-state index in [1.165, 1.54) is 95.6 Å². The molecule has 2 N–H and O–H groups in total. The van der Waals surface area contributed by atoms with Crippen LogP contribution in [0.1, 0.15) is 103 Å². The molecule has 1 atom stereocenters. The lowest BCUT2D eigenvalue weighted by molar-refractivity contribution is -0.206. The molecule has 0 heterocycles. The zero-order chi connectivity index (χ0) is 20.5.